The van der Waals surface area contributed by atoms with Gasteiger partial charge in [-0.2, -0.15) is 0 Å². The molecule has 8 heteroatoms. The number of piperazine rings is 1. The standard InChI is InChI=1S/C28H32N2O6/c1-16-19(4-5-20-24(16)15-36-27(20)33)25(31)12-29-6-8-30(9-7-29)13-26(32)23-10-18-14-35-28(34)22(18)11-21(23)17-2-3-17/h4-5,10-11,17,25-26,31-32H,2-3,6-9,12-15H2,1H3/t25-,26?/m0/s1. The maximum absolute atomic E-state index is 12.0. The molecule has 1 unspecified atom stereocenters. The molecule has 0 amide bonds. The molecule has 4 aliphatic rings. The molecule has 190 valence electrons. The average Bonchev–Trinajstić information content (AvgIpc) is 3.56. The fraction of sp³-hybridized carbons (Fsp3) is 0.500. The summed E-state index contributed by atoms with van der Waals surface area (Å²) >= 11 is 0. The van der Waals surface area contributed by atoms with Gasteiger partial charge in [-0.15, -0.1) is 0 Å². The molecule has 2 aromatic rings. The number of carbonyl (C=O) groups is 2. The zero-order chi connectivity index (χ0) is 25.0. The summed E-state index contributed by atoms with van der Waals surface area (Å²) in [5, 5.41) is 22.1. The molecule has 0 aromatic heterocycles. The molecule has 0 bridgehead atoms. The quantitative estimate of drug-likeness (QED) is 0.569. The van der Waals surface area contributed by atoms with Gasteiger partial charge in [0.2, 0.25) is 0 Å². The van der Waals surface area contributed by atoms with Crippen LogP contribution in [-0.4, -0.2) is 71.2 Å². The Morgan fingerprint density at radius 2 is 1.47 bits per heavy atom. The molecule has 2 atom stereocenters. The van der Waals surface area contributed by atoms with Crippen molar-refractivity contribution in [3.05, 3.63) is 68.8 Å². The maximum atomic E-state index is 12.0. The van der Waals surface area contributed by atoms with Gasteiger partial charge in [-0.05, 0) is 66.1 Å². The van der Waals surface area contributed by atoms with E-state index in [0.717, 1.165) is 72.4 Å². The van der Waals surface area contributed by atoms with Gasteiger partial charge in [0.1, 0.15) is 13.2 Å². The van der Waals surface area contributed by atoms with Gasteiger partial charge in [-0.3, -0.25) is 9.80 Å². The molecule has 2 aromatic carbocycles. The highest BCUT2D eigenvalue weighted by molar-refractivity contribution is 5.94. The Hall–Kier alpha value is -2.78. The highest BCUT2D eigenvalue weighted by Crippen LogP contribution is 2.45. The maximum Gasteiger partial charge on any atom is 0.338 e. The van der Waals surface area contributed by atoms with Crippen LogP contribution in [0, 0.1) is 6.92 Å². The Balaban J connectivity index is 1.06. The minimum absolute atomic E-state index is 0.261. The summed E-state index contributed by atoms with van der Waals surface area (Å²) in [6, 6.07) is 7.52. The SMILES string of the molecule is Cc1c([C@@H](O)CN2CCN(CC(O)c3cc4c(cc3C3CC3)C(=O)OC4)CC2)ccc2c1COC2=O. The lowest BCUT2D eigenvalue weighted by atomic mass is 9.93. The van der Waals surface area contributed by atoms with Crippen molar-refractivity contribution >= 4 is 11.9 Å². The van der Waals surface area contributed by atoms with Crippen LogP contribution in [-0.2, 0) is 22.7 Å². The summed E-state index contributed by atoms with van der Waals surface area (Å²) in [5.74, 6) is -0.124. The number of fused-ring (bicyclic) bond motifs is 2. The van der Waals surface area contributed by atoms with Crippen molar-refractivity contribution in [1.82, 2.24) is 9.80 Å². The largest absolute Gasteiger partial charge is 0.457 e. The van der Waals surface area contributed by atoms with Crippen LogP contribution < -0.4 is 0 Å². The monoisotopic (exact) mass is 492 g/mol. The molecule has 3 heterocycles. The van der Waals surface area contributed by atoms with E-state index >= 15 is 0 Å². The van der Waals surface area contributed by atoms with Crippen LogP contribution in [0.1, 0.15) is 85.1 Å². The van der Waals surface area contributed by atoms with E-state index < -0.39 is 12.2 Å². The molecule has 0 radical (unpaired) electrons. The van der Waals surface area contributed by atoms with Crippen LogP contribution in [0.2, 0.25) is 0 Å². The van der Waals surface area contributed by atoms with Gasteiger partial charge in [-0.1, -0.05) is 6.07 Å². The number of benzene rings is 2. The molecule has 2 N–H and O–H groups in total. The van der Waals surface area contributed by atoms with Crippen molar-refractivity contribution in [3.8, 4) is 0 Å². The molecule has 36 heavy (non-hydrogen) atoms. The van der Waals surface area contributed by atoms with E-state index in [4.69, 9.17) is 9.47 Å². The van der Waals surface area contributed by atoms with E-state index in [-0.39, 0.29) is 25.2 Å². The Kier molecular flexibility index (Phi) is 6.08. The minimum Gasteiger partial charge on any atom is -0.457 e. The van der Waals surface area contributed by atoms with Gasteiger partial charge in [0.25, 0.3) is 0 Å². The van der Waals surface area contributed by atoms with E-state index in [1.807, 2.05) is 25.1 Å². The topological polar surface area (TPSA) is 99.5 Å². The Bertz CT molecular complexity index is 1220. The lowest BCUT2D eigenvalue weighted by Crippen LogP contribution is -2.48. The van der Waals surface area contributed by atoms with Crippen molar-refractivity contribution in [2.45, 2.75) is 51.1 Å². The zero-order valence-electron chi connectivity index (χ0n) is 20.5. The molecule has 2 fully saturated rings. The van der Waals surface area contributed by atoms with Crippen molar-refractivity contribution in [1.29, 1.82) is 0 Å². The van der Waals surface area contributed by atoms with Crippen molar-refractivity contribution in [2.24, 2.45) is 0 Å². The van der Waals surface area contributed by atoms with Crippen LogP contribution in [0.25, 0.3) is 0 Å². The molecular formula is C28H32N2O6. The number of aliphatic hydroxyl groups excluding tert-OH is 2. The third-order valence-electron chi connectivity index (χ3n) is 8.16. The molecule has 1 saturated heterocycles. The van der Waals surface area contributed by atoms with E-state index in [1.165, 1.54) is 0 Å². The van der Waals surface area contributed by atoms with Gasteiger partial charge in [-0.25, -0.2) is 9.59 Å². The number of aliphatic hydroxyl groups is 2. The minimum atomic E-state index is -0.638. The molecule has 1 aliphatic carbocycles. The van der Waals surface area contributed by atoms with E-state index in [1.54, 1.807) is 6.07 Å². The molecule has 6 rings (SSSR count). The number of β-amino-alcohol motifs (C(OH)–C–C–N with tert-alkyl or cyclic N) is 2. The highest BCUT2D eigenvalue weighted by atomic mass is 16.5. The number of cyclic esters (lactones) is 2. The first-order valence-corrected chi connectivity index (χ1v) is 12.8. The van der Waals surface area contributed by atoms with Gasteiger partial charge < -0.3 is 19.7 Å². The van der Waals surface area contributed by atoms with Crippen LogP contribution in [0.3, 0.4) is 0 Å². The summed E-state index contributed by atoms with van der Waals surface area (Å²) in [5.41, 5.74) is 6.80. The van der Waals surface area contributed by atoms with E-state index in [0.29, 0.717) is 30.1 Å². The molecular weight excluding hydrogens is 460 g/mol. The van der Waals surface area contributed by atoms with Gasteiger partial charge >= 0.3 is 11.9 Å². The van der Waals surface area contributed by atoms with Gasteiger partial charge in [0, 0.05) is 50.4 Å². The first-order valence-electron chi connectivity index (χ1n) is 12.8. The van der Waals surface area contributed by atoms with Crippen molar-refractivity contribution in [3.63, 3.8) is 0 Å². The molecule has 1 saturated carbocycles. The first-order chi connectivity index (χ1) is 17.4. The number of carbonyl (C=O) groups excluding carboxylic acids is 2. The van der Waals surface area contributed by atoms with Gasteiger partial charge in [0.15, 0.2) is 0 Å². The Labute approximate surface area is 210 Å². The van der Waals surface area contributed by atoms with Crippen LogP contribution in [0.4, 0.5) is 0 Å². The second-order valence-electron chi connectivity index (χ2n) is 10.5. The van der Waals surface area contributed by atoms with Crippen LogP contribution >= 0.6 is 0 Å². The Morgan fingerprint density at radius 3 is 2.14 bits per heavy atom. The summed E-state index contributed by atoms with van der Waals surface area (Å²) in [7, 11) is 0. The number of nitrogens with zero attached hydrogens (tertiary/aromatic N) is 2. The summed E-state index contributed by atoms with van der Waals surface area (Å²) in [6.07, 6.45) is 0.946. The normalized spacial score (nSPS) is 21.6. The summed E-state index contributed by atoms with van der Waals surface area (Å²) < 4.78 is 10.3. The highest BCUT2D eigenvalue weighted by Gasteiger charge is 2.33. The lowest BCUT2D eigenvalue weighted by Gasteiger charge is -2.37. The zero-order valence-corrected chi connectivity index (χ0v) is 20.5. The predicted octanol–water partition coefficient (Wildman–Crippen LogP) is 2.60. The number of hydrogen-bond donors (Lipinski definition) is 2. The summed E-state index contributed by atoms with van der Waals surface area (Å²) in [6.45, 7) is 6.78. The third kappa shape index (κ3) is 4.32. The van der Waals surface area contributed by atoms with Crippen LogP contribution in [0.15, 0.2) is 24.3 Å². The predicted molar refractivity (Wildman–Crippen MR) is 131 cm³/mol. The summed E-state index contributed by atoms with van der Waals surface area (Å²) in [4.78, 5) is 28.3. The van der Waals surface area contributed by atoms with E-state index in [2.05, 4.69) is 9.80 Å². The third-order valence-corrected chi connectivity index (χ3v) is 8.16. The van der Waals surface area contributed by atoms with Crippen molar-refractivity contribution in [2.75, 3.05) is 39.3 Å². The second kappa shape index (κ2) is 9.27. The van der Waals surface area contributed by atoms with Crippen molar-refractivity contribution < 1.29 is 29.3 Å². The lowest BCUT2D eigenvalue weighted by molar-refractivity contribution is 0.0478. The number of ether oxygens (including phenoxy) is 2. The Morgan fingerprint density at radius 1 is 0.861 bits per heavy atom. The smallest absolute Gasteiger partial charge is 0.338 e. The van der Waals surface area contributed by atoms with Gasteiger partial charge in [0.05, 0.1) is 23.3 Å². The second-order valence-corrected chi connectivity index (χ2v) is 10.5. The number of esters is 2. The molecule has 3 aliphatic heterocycles. The molecule has 8 nitrogen and oxygen atoms in total. The first kappa shape index (κ1) is 23.6. The fourth-order valence-corrected chi connectivity index (χ4v) is 5.82. The van der Waals surface area contributed by atoms with E-state index in [9.17, 15) is 19.8 Å². The molecule has 0 spiro atoms. The number of rotatable bonds is 7. The number of hydrogen-bond acceptors (Lipinski definition) is 8. The average molecular weight is 493 g/mol. The van der Waals surface area contributed by atoms with Crippen LogP contribution in [0.5, 0.6) is 0 Å². The fourth-order valence-electron chi connectivity index (χ4n) is 5.82.